The van der Waals surface area contributed by atoms with Crippen molar-refractivity contribution in [2.75, 3.05) is 38.0 Å². The molecule has 3 fully saturated rings. The van der Waals surface area contributed by atoms with Gasteiger partial charge in [-0.1, -0.05) is 19.9 Å². The second-order valence-electron chi connectivity index (χ2n) is 10.3. The number of rotatable bonds is 7. The predicted molar refractivity (Wildman–Crippen MR) is 133 cm³/mol. The van der Waals surface area contributed by atoms with Gasteiger partial charge in [0.05, 0.1) is 23.5 Å². The summed E-state index contributed by atoms with van der Waals surface area (Å²) in [5.41, 5.74) is 6.58. The number of hydrogen-bond donors (Lipinski definition) is 3. The van der Waals surface area contributed by atoms with E-state index < -0.39 is 18.0 Å². The molecule has 200 valence electrons. The van der Waals surface area contributed by atoms with Gasteiger partial charge in [0.25, 0.3) is 12.3 Å². The Labute approximate surface area is 214 Å². The number of nitrogens with one attached hydrogen (secondary N) is 3. The zero-order valence-corrected chi connectivity index (χ0v) is 21.2. The molecule has 3 aliphatic rings. The molecule has 0 aromatic carbocycles. The fourth-order valence-corrected chi connectivity index (χ4v) is 5.28. The van der Waals surface area contributed by atoms with Crippen LogP contribution in [0.1, 0.15) is 73.5 Å². The molecule has 0 bridgehead atoms. The Morgan fingerprint density at radius 3 is 2.51 bits per heavy atom. The van der Waals surface area contributed by atoms with Crippen molar-refractivity contribution in [3.05, 3.63) is 41.5 Å². The van der Waals surface area contributed by atoms with E-state index in [1.165, 1.54) is 6.20 Å². The van der Waals surface area contributed by atoms with Gasteiger partial charge in [-0.25, -0.2) is 19.2 Å². The highest BCUT2D eigenvalue weighted by atomic mass is 19.3. The number of hydrazine groups is 1. The van der Waals surface area contributed by atoms with Gasteiger partial charge in [-0.15, -0.1) is 0 Å². The molecule has 5 rings (SSSR count). The first kappa shape index (κ1) is 25.7. The van der Waals surface area contributed by atoms with Crippen LogP contribution < -0.4 is 16.2 Å². The highest BCUT2D eigenvalue weighted by Crippen LogP contribution is 2.32. The first-order chi connectivity index (χ1) is 17.8. The Hall–Kier alpha value is -2.96. The summed E-state index contributed by atoms with van der Waals surface area (Å²) in [5.74, 6) is -0.350. The second-order valence-corrected chi connectivity index (χ2v) is 10.3. The number of halogens is 2. The summed E-state index contributed by atoms with van der Waals surface area (Å²) >= 11 is 0. The van der Waals surface area contributed by atoms with E-state index in [0.29, 0.717) is 19.1 Å². The molecular weight excluding hydrogens is 482 g/mol. The van der Waals surface area contributed by atoms with Gasteiger partial charge in [-0.3, -0.25) is 24.6 Å². The largest absolute Gasteiger partial charge is 0.342 e. The molecule has 37 heavy (non-hydrogen) atoms. The van der Waals surface area contributed by atoms with Crippen LogP contribution >= 0.6 is 0 Å². The van der Waals surface area contributed by atoms with Crippen LogP contribution in [0.3, 0.4) is 0 Å². The summed E-state index contributed by atoms with van der Waals surface area (Å²) < 4.78 is 29.1. The lowest BCUT2D eigenvalue weighted by atomic mass is 9.97. The van der Waals surface area contributed by atoms with E-state index in [2.05, 4.69) is 31.2 Å². The highest BCUT2D eigenvalue weighted by Gasteiger charge is 2.37. The van der Waals surface area contributed by atoms with Crippen LogP contribution in [0.15, 0.2) is 24.4 Å². The Balaban J connectivity index is 1.20. The summed E-state index contributed by atoms with van der Waals surface area (Å²) in [6.07, 6.45) is 1.34. The number of hydrogen-bond acceptors (Lipinski definition) is 7. The van der Waals surface area contributed by atoms with Crippen LogP contribution in [0.4, 0.5) is 14.5 Å². The second kappa shape index (κ2) is 10.8. The maximum atomic E-state index is 13.8. The summed E-state index contributed by atoms with van der Waals surface area (Å²) in [6, 6.07) is 5.47. The van der Waals surface area contributed by atoms with E-state index in [4.69, 9.17) is 0 Å². The van der Waals surface area contributed by atoms with Gasteiger partial charge in [0.15, 0.2) is 5.69 Å². The van der Waals surface area contributed by atoms with Crippen LogP contribution in [-0.2, 0) is 4.79 Å². The SMILES string of the molecule is CC(C)C(=O)N1CCC(N2CC(n3cc(NC(=O)c4cccc(C5CCNN5)n4)c(C(F)F)n3)C2)CC1. The number of nitrogens with zero attached hydrogens (tertiary/aromatic N) is 5. The minimum absolute atomic E-state index is 0.00313. The number of anilines is 1. The maximum absolute atomic E-state index is 13.8. The molecule has 5 heterocycles. The normalized spacial score (nSPS) is 21.6. The number of amides is 2. The predicted octanol–water partition coefficient (Wildman–Crippen LogP) is 2.51. The van der Waals surface area contributed by atoms with Crippen molar-refractivity contribution in [2.24, 2.45) is 5.92 Å². The van der Waals surface area contributed by atoms with Gasteiger partial charge in [0.2, 0.25) is 5.91 Å². The first-order valence-electron chi connectivity index (χ1n) is 13.0. The van der Waals surface area contributed by atoms with Crippen LogP contribution in [0.5, 0.6) is 0 Å². The van der Waals surface area contributed by atoms with Gasteiger partial charge in [-0.05, 0) is 31.4 Å². The molecule has 0 spiro atoms. The number of carbonyl (C=O) groups is 2. The van der Waals surface area contributed by atoms with Crippen LogP contribution in [0.25, 0.3) is 0 Å². The van der Waals surface area contributed by atoms with Crippen molar-refractivity contribution < 1.29 is 18.4 Å². The standard InChI is InChI=1S/C25H34F2N8O2/c1-15(2)25(37)33-10-7-16(8-11-33)34-12-17(13-34)35-14-21(22(32-35)23(26)27)30-24(36)20-5-3-4-18(29-20)19-6-9-28-31-19/h3-5,14-17,19,23,28,31H,6-13H2,1-2H3,(H,30,36). The van der Waals surface area contributed by atoms with Gasteiger partial charge < -0.3 is 10.2 Å². The summed E-state index contributed by atoms with van der Waals surface area (Å²) in [5, 5.41) is 6.72. The molecule has 3 saturated heterocycles. The Bertz CT molecular complexity index is 1120. The molecular formula is C25H34F2N8O2. The average molecular weight is 517 g/mol. The van der Waals surface area contributed by atoms with Gasteiger partial charge in [0.1, 0.15) is 5.69 Å². The van der Waals surface area contributed by atoms with E-state index >= 15 is 0 Å². The molecule has 1 atom stereocenters. The Morgan fingerprint density at radius 2 is 1.86 bits per heavy atom. The Morgan fingerprint density at radius 1 is 1.11 bits per heavy atom. The maximum Gasteiger partial charge on any atom is 0.284 e. The summed E-state index contributed by atoms with van der Waals surface area (Å²) in [6.45, 7) is 7.54. The first-order valence-corrected chi connectivity index (χ1v) is 13.0. The van der Waals surface area contributed by atoms with Crippen LogP contribution in [0.2, 0.25) is 0 Å². The molecule has 2 amide bonds. The molecule has 0 aliphatic carbocycles. The lowest BCUT2D eigenvalue weighted by Crippen LogP contribution is -2.56. The molecule has 0 radical (unpaired) electrons. The summed E-state index contributed by atoms with van der Waals surface area (Å²) in [4.78, 5) is 33.8. The van der Waals surface area contributed by atoms with Crippen molar-refractivity contribution in [2.45, 2.75) is 57.7 Å². The number of piperidine rings is 1. The van der Waals surface area contributed by atoms with Crippen LogP contribution in [-0.4, -0.2) is 75.1 Å². The molecule has 10 nitrogen and oxygen atoms in total. The quantitative estimate of drug-likeness (QED) is 0.519. The minimum Gasteiger partial charge on any atom is -0.342 e. The van der Waals surface area contributed by atoms with Crippen molar-refractivity contribution in [1.29, 1.82) is 0 Å². The van der Waals surface area contributed by atoms with Gasteiger partial charge in [0, 0.05) is 50.9 Å². The fourth-order valence-electron chi connectivity index (χ4n) is 5.28. The summed E-state index contributed by atoms with van der Waals surface area (Å²) in [7, 11) is 0. The molecule has 1 unspecified atom stereocenters. The number of likely N-dealkylation sites (tertiary alicyclic amines) is 2. The Kier molecular flexibility index (Phi) is 7.50. The fraction of sp³-hybridized carbons (Fsp3) is 0.600. The van der Waals surface area contributed by atoms with Gasteiger partial charge in [-0.2, -0.15) is 5.10 Å². The minimum atomic E-state index is -2.82. The molecule has 0 saturated carbocycles. The highest BCUT2D eigenvalue weighted by molar-refractivity contribution is 6.03. The number of carbonyl (C=O) groups excluding carboxylic acids is 2. The van der Waals surface area contributed by atoms with Gasteiger partial charge >= 0.3 is 0 Å². The average Bonchev–Trinajstić information content (AvgIpc) is 3.54. The van der Waals surface area contributed by atoms with Crippen molar-refractivity contribution >= 4 is 17.5 Å². The molecule has 2 aromatic rings. The third kappa shape index (κ3) is 5.51. The van der Waals surface area contributed by atoms with Crippen molar-refractivity contribution in [1.82, 2.24) is 35.4 Å². The van der Waals surface area contributed by atoms with E-state index in [9.17, 15) is 18.4 Å². The van der Waals surface area contributed by atoms with Crippen LogP contribution in [0, 0.1) is 5.92 Å². The number of pyridine rings is 1. The molecule has 12 heteroatoms. The van der Waals surface area contributed by atoms with E-state index in [1.54, 1.807) is 16.8 Å². The lowest BCUT2D eigenvalue weighted by Gasteiger charge is -2.47. The van der Waals surface area contributed by atoms with Crippen molar-refractivity contribution in [3.8, 4) is 0 Å². The third-order valence-electron chi connectivity index (χ3n) is 7.46. The molecule has 3 aliphatic heterocycles. The lowest BCUT2D eigenvalue weighted by molar-refractivity contribution is -0.136. The number of alkyl halides is 2. The monoisotopic (exact) mass is 516 g/mol. The van der Waals surface area contributed by atoms with E-state index in [0.717, 1.165) is 44.6 Å². The number of aromatic nitrogens is 3. The zero-order valence-electron chi connectivity index (χ0n) is 21.2. The topological polar surface area (TPSA) is 107 Å². The smallest absolute Gasteiger partial charge is 0.284 e. The van der Waals surface area contributed by atoms with E-state index in [1.807, 2.05) is 24.8 Å². The molecule has 2 aromatic heterocycles. The van der Waals surface area contributed by atoms with E-state index in [-0.39, 0.29) is 35.3 Å². The third-order valence-corrected chi connectivity index (χ3v) is 7.46. The molecule has 3 N–H and O–H groups in total. The van der Waals surface area contributed by atoms with Crippen molar-refractivity contribution in [3.63, 3.8) is 0 Å². The zero-order chi connectivity index (χ0) is 26.1.